The molecule has 0 heterocycles. The Balaban J connectivity index is 2.16. The molecular formula is C26H48O2P+. The minimum atomic E-state index is -0.930. The van der Waals surface area contributed by atoms with Crippen LogP contribution in [0.2, 0.25) is 0 Å². The van der Waals surface area contributed by atoms with Gasteiger partial charge in [-0.25, -0.2) is 0 Å². The number of rotatable bonds is 18. The molecule has 0 unspecified atom stereocenters. The van der Waals surface area contributed by atoms with Crippen LogP contribution in [0.5, 0.6) is 0 Å². The van der Waals surface area contributed by atoms with Crippen LogP contribution < -0.4 is 5.30 Å². The number of benzene rings is 1. The summed E-state index contributed by atoms with van der Waals surface area (Å²) in [4.78, 5) is 0. The zero-order valence-electron chi connectivity index (χ0n) is 20.0. The topological polar surface area (TPSA) is 18.5 Å². The third-order valence-electron chi connectivity index (χ3n) is 5.45. The molecule has 1 rings (SSSR count). The first-order valence-electron chi connectivity index (χ1n) is 12.1. The maximum Gasteiger partial charge on any atom is 0.157 e. The Morgan fingerprint density at radius 3 is 1.86 bits per heavy atom. The summed E-state index contributed by atoms with van der Waals surface area (Å²) in [6.45, 7) is 13.4. The van der Waals surface area contributed by atoms with Crippen LogP contribution in [-0.4, -0.2) is 39.5 Å². The summed E-state index contributed by atoms with van der Waals surface area (Å²) >= 11 is 0. The average molecular weight is 424 g/mol. The van der Waals surface area contributed by atoms with Gasteiger partial charge in [0.2, 0.25) is 0 Å². The Morgan fingerprint density at radius 2 is 1.28 bits per heavy atom. The van der Waals surface area contributed by atoms with Gasteiger partial charge in [-0.2, -0.15) is 0 Å². The van der Waals surface area contributed by atoms with Gasteiger partial charge in [0, 0.05) is 20.5 Å². The van der Waals surface area contributed by atoms with E-state index >= 15 is 0 Å². The van der Waals surface area contributed by atoms with Crippen LogP contribution in [0, 0.1) is 0 Å². The van der Waals surface area contributed by atoms with Crippen LogP contribution in [-0.2, 0) is 15.9 Å². The van der Waals surface area contributed by atoms with Crippen LogP contribution in [0.4, 0.5) is 0 Å². The smallest absolute Gasteiger partial charge is 0.157 e. The number of ether oxygens (including phenoxy) is 2. The molecule has 0 amide bonds. The molecule has 0 fully saturated rings. The zero-order valence-corrected chi connectivity index (χ0v) is 20.9. The molecule has 0 aromatic heterocycles. The summed E-state index contributed by atoms with van der Waals surface area (Å²) in [5, 5.41) is 1.62. The number of aryl methyl sites for hydroxylation is 1. The van der Waals surface area contributed by atoms with Gasteiger partial charge in [0.15, 0.2) is 6.29 Å². The first-order valence-corrected chi connectivity index (χ1v) is 15.2. The minimum absolute atomic E-state index is 0.0188. The van der Waals surface area contributed by atoms with Crippen LogP contribution >= 0.6 is 7.26 Å². The maximum atomic E-state index is 5.94. The second-order valence-electron chi connectivity index (χ2n) is 9.18. The van der Waals surface area contributed by atoms with Crippen molar-refractivity contribution in [3.8, 4) is 0 Å². The van der Waals surface area contributed by atoms with E-state index in [1.165, 1.54) is 57.8 Å². The first kappa shape index (κ1) is 26.6. The summed E-state index contributed by atoms with van der Waals surface area (Å²) in [7, 11) is -0.930. The molecule has 0 aliphatic carbocycles. The summed E-state index contributed by atoms with van der Waals surface area (Å²) in [6, 6.07) is 9.11. The lowest BCUT2D eigenvalue weighted by molar-refractivity contribution is -0.147. The van der Waals surface area contributed by atoms with Crippen LogP contribution in [0.1, 0.15) is 90.0 Å². The molecule has 0 atom stereocenters. The van der Waals surface area contributed by atoms with Crippen molar-refractivity contribution in [2.24, 2.45) is 0 Å². The molecule has 0 spiro atoms. The highest BCUT2D eigenvalue weighted by Gasteiger charge is 2.24. The fourth-order valence-electron chi connectivity index (χ4n) is 3.64. The minimum Gasteiger partial charge on any atom is -0.353 e. The van der Waals surface area contributed by atoms with E-state index < -0.39 is 7.26 Å². The van der Waals surface area contributed by atoms with Crippen molar-refractivity contribution < 1.29 is 9.47 Å². The zero-order chi connectivity index (χ0) is 21.4. The molecule has 1 aromatic rings. The number of hydrogen-bond acceptors (Lipinski definition) is 2. The van der Waals surface area contributed by atoms with Crippen molar-refractivity contribution in [2.45, 2.75) is 97.2 Å². The van der Waals surface area contributed by atoms with Crippen molar-refractivity contribution in [3.05, 3.63) is 29.8 Å². The summed E-state index contributed by atoms with van der Waals surface area (Å²) in [5.74, 6) is 0. The summed E-state index contributed by atoms with van der Waals surface area (Å²) < 4.78 is 11.9. The molecule has 0 saturated heterocycles. The van der Waals surface area contributed by atoms with Gasteiger partial charge in [-0.3, -0.25) is 0 Å². The molecule has 0 saturated carbocycles. The third kappa shape index (κ3) is 12.8. The third-order valence-corrected chi connectivity index (χ3v) is 7.34. The van der Waals surface area contributed by atoms with Gasteiger partial charge in [-0.05, 0) is 50.2 Å². The average Bonchev–Trinajstić information content (AvgIpc) is 2.69. The monoisotopic (exact) mass is 423 g/mol. The van der Waals surface area contributed by atoms with E-state index in [2.05, 4.69) is 58.1 Å². The molecular weight excluding hydrogens is 375 g/mol. The van der Waals surface area contributed by atoms with Crippen molar-refractivity contribution in [1.82, 2.24) is 0 Å². The second kappa shape index (κ2) is 16.3. The van der Waals surface area contributed by atoms with Gasteiger partial charge in [0.1, 0.15) is 0 Å². The largest absolute Gasteiger partial charge is 0.353 e. The van der Waals surface area contributed by atoms with Gasteiger partial charge in [0.05, 0.1) is 25.3 Å². The number of hydrogen-bond donors (Lipinski definition) is 0. The van der Waals surface area contributed by atoms with Crippen LogP contribution in [0.25, 0.3) is 0 Å². The summed E-state index contributed by atoms with van der Waals surface area (Å²) in [6.07, 6.45) is 14.8. The highest BCUT2D eigenvalue weighted by Crippen LogP contribution is 2.46. The highest BCUT2D eigenvalue weighted by molar-refractivity contribution is 7.81. The van der Waals surface area contributed by atoms with Crippen molar-refractivity contribution in [2.75, 3.05) is 33.2 Å². The molecule has 0 bridgehead atoms. The molecule has 168 valence electrons. The summed E-state index contributed by atoms with van der Waals surface area (Å²) in [5.41, 5.74) is 1.59. The van der Waals surface area contributed by atoms with Gasteiger partial charge in [-0.1, -0.05) is 70.6 Å². The van der Waals surface area contributed by atoms with E-state index in [0.29, 0.717) is 0 Å². The fourth-order valence-corrected chi connectivity index (χ4v) is 5.22. The highest BCUT2D eigenvalue weighted by atomic mass is 31.2. The lowest BCUT2D eigenvalue weighted by Gasteiger charge is -2.18. The molecule has 0 aliphatic rings. The van der Waals surface area contributed by atoms with Gasteiger partial charge in [0.25, 0.3) is 0 Å². The Kier molecular flexibility index (Phi) is 14.9. The molecule has 0 aliphatic heterocycles. The lowest BCUT2D eigenvalue weighted by Crippen LogP contribution is -2.18. The molecule has 2 nitrogen and oxygen atoms in total. The first-order chi connectivity index (χ1) is 14.0. The molecule has 0 radical (unpaired) electrons. The molecule has 3 heteroatoms. The Bertz CT molecular complexity index is 500. The Labute approximate surface area is 182 Å². The van der Waals surface area contributed by atoms with Crippen LogP contribution in [0.3, 0.4) is 0 Å². The SMILES string of the molecule is CCCCOC(CCCCCCCCc1ccccc1[P+](C)(C)C)OCCCC. The lowest BCUT2D eigenvalue weighted by atomic mass is 10.0. The molecule has 0 N–H and O–H groups in total. The van der Waals surface area contributed by atoms with E-state index in [9.17, 15) is 0 Å². The van der Waals surface area contributed by atoms with Gasteiger partial charge in [-0.15, -0.1) is 0 Å². The maximum absolute atomic E-state index is 5.94. The molecule has 29 heavy (non-hydrogen) atoms. The van der Waals surface area contributed by atoms with Gasteiger partial charge < -0.3 is 9.47 Å². The van der Waals surface area contributed by atoms with Crippen molar-refractivity contribution in [1.29, 1.82) is 0 Å². The quantitative estimate of drug-likeness (QED) is 0.139. The Morgan fingerprint density at radius 1 is 0.724 bits per heavy atom. The fraction of sp³-hybridized carbons (Fsp3) is 0.769. The number of unbranched alkanes of at least 4 members (excludes halogenated alkanes) is 7. The predicted molar refractivity (Wildman–Crippen MR) is 132 cm³/mol. The van der Waals surface area contributed by atoms with E-state index in [1.807, 2.05) is 0 Å². The second-order valence-corrected chi connectivity index (χ2v) is 13.7. The van der Waals surface area contributed by atoms with E-state index in [-0.39, 0.29) is 6.29 Å². The normalized spacial score (nSPS) is 12.1. The van der Waals surface area contributed by atoms with Gasteiger partial charge >= 0.3 is 0 Å². The van der Waals surface area contributed by atoms with E-state index in [4.69, 9.17) is 9.47 Å². The standard InChI is InChI=1S/C26H48O2P/c1-6-8-22-27-26(28-23-9-7-2)21-15-13-11-10-12-14-18-24-19-16-17-20-25(24)29(3,4)5/h16-17,19-20,26H,6-15,18,21-23H2,1-5H3/q+1. The predicted octanol–water partition coefficient (Wildman–Crippen LogP) is 7.45. The molecule has 1 aromatic carbocycles. The van der Waals surface area contributed by atoms with Crippen LogP contribution in [0.15, 0.2) is 24.3 Å². The van der Waals surface area contributed by atoms with E-state index in [0.717, 1.165) is 32.5 Å². The van der Waals surface area contributed by atoms with E-state index in [1.54, 1.807) is 10.9 Å². The van der Waals surface area contributed by atoms with Crippen molar-refractivity contribution in [3.63, 3.8) is 0 Å². The Hall–Kier alpha value is -0.430. The van der Waals surface area contributed by atoms with Crippen molar-refractivity contribution >= 4 is 12.6 Å².